The van der Waals surface area contributed by atoms with Crippen LogP contribution in [-0.2, 0) is 10.0 Å². The van der Waals surface area contributed by atoms with Crippen LogP contribution >= 0.6 is 0 Å². The summed E-state index contributed by atoms with van der Waals surface area (Å²) < 4.78 is 27.3. The van der Waals surface area contributed by atoms with Crippen molar-refractivity contribution in [3.8, 4) is 0 Å². The molecule has 150 valence electrons. The summed E-state index contributed by atoms with van der Waals surface area (Å²) in [7, 11) is -3.56. The van der Waals surface area contributed by atoms with Gasteiger partial charge in [0, 0.05) is 18.7 Å². The Balaban J connectivity index is 1.78. The molecule has 0 radical (unpaired) electrons. The van der Waals surface area contributed by atoms with E-state index in [1.165, 1.54) is 15.9 Å². The Kier molecular flexibility index (Phi) is 6.52. The molecule has 1 amide bonds. The van der Waals surface area contributed by atoms with E-state index in [2.05, 4.69) is 5.32 Å². The molecule has 0 aliphatic carbocycles. The minimum absolute atomic E-state index is 0.115. The number of piperidine rings is 1. The van der Waals surface area contributed by atoms with Crippen molar-refractivity contribution in [1.82, 2.24) is 9.62 Å². The van der Waals surface area contributed by atoms with Crippen LogP contribution in [0.5, 0.6) is 0 Å². The maximum Gasteiger partial charge on any atom is 0.251 e. The number of nitrogens with zero attached hydrogens (tertiary/aromatic N) is 1. The number of aryl methyl sites for hydroxylation is 1. The number of sulfonamides is 1. The van der Waals surface area contributed by atoms with Crippen molar-refractivity contribution < 1.29 is 13.2 Å². The lowest BCUT2D eigenvalue weighted by Crippen LogP contribution is -2.35. The Labute approximate surface area is 167 Å². The van der Waals surface area contributed by atoms with E-state index in [1.54, 1.807) is 18.2 Å². The molecule has 2 aromatic rings. The zero-order valence-corrected chi connectivity index (χ0v) is 17.3. The van der Waals surface area contributed by atoms with Crippen LogP contribution in [0.2, 0.25) is 0 Å². The van der Waals surface area contributed by atoms with Gasteiger partial charge in [0.2, 0.25) is 10.0 Å². The van der Waals surface area contributed by atoms with E-state index in [0.29, 0.717) is 18.7 Å². The Hall–Kier alpha value is -2.18. The largest absolute Gasteiger partial charge is 0.345 e. The molecule has 0 unspecified atom stereocenters. The molecule has 1 fully saturated rings. The number of carbonyl (C=O) groups excluding carboxylic acids is 1. The van der Waals surface area contributed by atoms with Gasteiger partial charge < -0.3 is 5.32 Å². The summed E-state index contributed by atoms with van der Waals surface area (Å²) in [5.74, 6) is -0.261. The van der Waals surface area contributed by atoms with Crippen LogP contribution in [0.4, 0.5) is 0 Å². The van der Waals surface area contributed by atoms with Gasteiger partial charge in [-0.3, -0.25) is 4.79 Å². The summed E-state index contributed by atoms with van der Waals surface area (Å²) in [6, 6.07) is 14.3. The highest BCUT2D eigenvalue weighted by Gasteiger charge is 2.26. The zero-order chi connectivity index (χ0) is 20.1. The standard InChI is InChI=1S/C22H28N2O3S/c1-3-21(18-12-10-17(2)11-13-18)23-22(25)19-8-7-9-20(16-19)28(26,27)24-14-5-4-6-15-24/h7-13,16,21H,3-6,14-15H2,1-2H3,(H,23,25)/t21-/m0/s1. The van der Waals surface area contributed by atoms with Crippen LogP contribution in [0.25, 0.3) is 0 Å². The minimum Gasteiger partial charge on any atom is -0.345 e. The number of nitrogens with one attached hydrogen (secondary N) is 1. The van der Waals surface area contributed by atoms with Gasteiger partial charge in [0.05, 0.1) is 10.9 Å². The number of hydrogen-bond acceptors (Lipinski definition) is 3. The first-order chi connectivity index (χ1) is 13.4. The first-order valence-corrected chi connectivity index (χ1v) is 11.3. The molecule has 1 atom stereocenters. The highest BCUT2D eigenvalue weighted by atomic mass is 32.2. The molecule has 1 aliphatic heterocycles. The normalized spacial score (nSPS) is 16.5. The maximum absolute atomic E-state index is 12.9. The van der Waals surface area contributed by atoms with Gasteiger partial charge in [-0.15, -0.1) is 0 Å². The molecule has 1 saturated heterocycles. The third kappa shape index (κ3) is 4.62. The predicted octanol–water partition coefficient (Wildman–Crippen LogP) is 4.05. The molecule has 6 heteroatoms. The number of amides is 1. The maximum atomic E-state index is 12.9. The van der Waals surface area contributed by atoms with Crippen LogP contribution < -0.4 is 5.32 Å². The molecule has 3 rings (SSSR count). The molecule has 0 aromatic heterocycles. The van der Waals surface area contributed by atoms with E-state index < -0.39 is 10.0 Å². The Morgan fingerprint density at radius 2 is 1.75 bits per heavy atom. The second-order valence-electron chi connectivity index (χ2n) is 7.34. The predicted molar refractivity (Wildman–Crippen MR) is 111 cm³/mol. The molecule has 1 aliphatic rings. The Morgan fingerprint density at radius 1 is 1.07 bits per heavy atom. The van der Waals surface area contributed by atoms with Crippen LogP contribution in [-0.4, -0.2) is 31.7 Å². The first kappa shape index (κ1) is 20.6. The fraction of sp³-hybridized carbons (Fsp3) is 0.409. The number of benzene rings is 2. The quantitative estimate of drug-likeness (QED) is 0.795. The lowest BCUT2D eigenvalue weighted by molar-refractivity contribution is 0.0935. The van der Waals surface area contributed by atoms with Gasteiger partial charge in [-0.25, -0.2) is 8.42 Å². The molecule has 0 saturated carbocycles. The van der Waals surface area contributed by atoms with Crippen molar-refractivity contribution in [2.24, 2.45) is 0 Å². The van der Waals surface area contributed by atoms with E-state index in [9.17, 15) is 13.2 Å². The first-order valence-electron chi connectivity index (χ1n) is 9.89. The molecule has 28 heavy (non-hydrogen) atoms. The fourth-order valence-electron chi connectivity index (χ4n) is 3.51. The SMILES string of the molecule is CC[C@H](NC(=O)c1cccc(S(=O)(=O)N2CCCCC2)c1)c1ccc(C)cc1. The fourth-order valence-corrected chi connectivity index (χ4v) is 5.08. The van der Waals surface area contributed by atoms with Gasteiger partial charge in [0.25, 0.3) is 5.91 Å². The summed E-state index contributed by atoms with van der Waals surface area (Å²) in [6.45, 7) is 5.13. The monoisotopic (exact) mass is 400 g/mol. The molecule has 2 aromatic carbocycles. The summed E-state index contributed by atoms with van der Waals surface area (Å²) in [6.07, 6.45) is 3.58. The van der Waals surface area contributed by atoms with E-state index in [4.69, 9.17) is 0 Å². The summed E-state index contributed by atoms with van der Waals surface area (Å²) >= 11 is 0. The molecule has 0 spiro atoms. The summed E-state index contributed by atoms with van der Waals surface area (Å²) in [5, 5.41) is 3.03. The Bertz CT molecular complexity index is 917. The Morgan fingerprint density at radius 3 is 2.39 bits per heavy atom. The summed E-state index contributed by atoms with van der Waals surface area (Å²) in [5.41, 5.74) is 2.57. The van der Waals surface area contributed by atoms with Crippen molar-refractivity contribution in [2.75, 3.05) is 13.1 Å². The average molecular weight is 401 g/mol. The molecule has 0 bridgehead atoms. The molecular weight excluding hydrogens is 372 g/mol. The van der Waals surface area contributed by atoms with E-state index in [0.717, 1.165) is 31.2 Å². The highest BCUT2D eigenvalue weighted by molar-refractivity contribution is 7.89. The number of rotatable bonds is 6. The van der Waals surface area contributed by atoms with E-state index in [1.807, 2.05) is 38.1 Å². The van der Waals surface area contributed by atoms with Crippen molar-refractivity contribution in [2.45, 2.75) is 50.5 Å². The van der Waals surface area contributed by atoms with Gasteiger partial charge in [-0.2, -0.15) is 4.31 Å². The molecule has 1 heterocycles. The van der Waals surface area contributed by atoms with Crippen molar-refractivity contribution in [1.29, 1.82) is 0 Å². The molecule has 5 nitrogen and oxygen atoms in total. The van der Waals surface area contributed by atoms with Gasteiger partial charge in [-0.05, 0) is 49.9 Å². The van der Waals surface area contributed by atoms with Gasteiger partial charge in [0.1, 0.15) is 0 Å². The van der Waals surface area contributed by atoms with Crippen LogP contribution in [0.15, 0.2) is 53.4 Å². The van der Waals surface area contributed by atoms with Crippen LogP contribution in [0.1, 0.15) is 60.1 Å². The van der Waals surface area contributed by atoms with Crippen molar-refractivity contribution in [3.63, 3.8) is 0 Å². The lowest BCUT2D eigenvalue weighted by atomic mass is 10.0. The highest BCUT2D eigenvalue weighted by Crippen LogP contribution is 2.22. The average Bonchev–Trinajstić information content (AvgIpc) is 2.73. The van der Waals surface area contributed by atoms with Crippen molar-refractivity contribution >= 4 is 15.9 Å². The second kappa shape index (κ2) is 8.88. The minimum atomic E-state index is -3.56. The van der Waals surface area contributed by atoms with E-state index in [-0.39, 0.29) is 16.8 Å². The topological polar surface area (TPSA) is 66.5 Å². The van der Waals surface area contributed by atoms with Crippen molar-refractivity contribution in [3.05, 3.63) is 65.2 Å². The van der Waals surface area contributed by atoms with E-state index >= 15 is 0 Å². The van der Waals surface area contributed by atoms with Gasteiger partial charge in [0.15, 0.2) is 0 Å². The zero-order valence-electron chi connectivity index (χ0n) is 16.5. The van der Waals surface area contributed by atoms with Crippen LogP contribution in [0.3, 0.4) is 0 Å². The smallest absolute Gasteiger partial charge is 0.251 e. The lowest BCUT2D eigenvalue weighted by Gasteiger charge is -2.26. The van der Waals surface area contributed by atoms with Crippen LogP contribution in [0, 0.1) is 6.92 Å². The summed E-state index contributed by atoms with van der Waals surface area (Å²) in [4.78, 5) is 13.0. The van der Waals surface area contributed by atoms with Gasteiger partial charge in [-0.1, -0.05) is 49.2 Å². The third-order valence-electron chi connectivity index (χ3n) is 5.24. The van der Waals surface area contributed by atoms with Gasteiger partial charge >= 0.3 is 0 Å². The molecule has 1 N–H and O–H groups in total. The number of hydrogen-bond donors (Lipinski definition) is 1. The third-order valence-corrected chi connectivity index (χ3v) is 7.14. The number of carbonyl (C=O) groups is 1. The molecular formula is C22H28N2O3S. The second-order valence-corrected chi connectivity index (χ2v) is 9.28.